The summed E-state index contributed by atoms with van der Waals surface area (Å²) in [6.07, 6.45) is 0.619. The van der Waals surface area contributed by atoms with Gasteiger partial charge in [-0.1, -0.05) is 18.2 Å². The van der Waals surface area contributed by atoms with Gasteiger partial charge in [-0.2, -0.15) is 0 Å². The van der Waals surface area contributed by atoms with Gasteiger partial charge in [-0.05, 0) is 38.3 Å². The highest BCUT2D eigenvalue weighted by Gasteiger charge is 2.39. The first-order valence-corrected chi connectivity index (χ1v) is 10.7. The van der Waals surface area contributed by atoms with E-state index in [2.05, 4.69) is 0 Å². The van der Waals surface area contributed by atoms with Crippen molar-refractivity contribution in [2.24, 2.45) is 0 Å². The predicted octanol–water partition coefficient (Wildman–Crippen LogP) is 1.42. The van der Waals surface area contributed by atoms with Gasteiger partial charge in [-0.15, -0.1) is 0 Å². The standard InChI is InChI=1S/C22H34N2O6/c1-3-29-20(25)24-10-8-21(26,9-11-24)14-23-12-13-28-16-22(27,15-23)17-30-19-7-5-4-6-18(19)2/h4-7,26-27H,3,8-17H2,1-2H3/t22-/m0/s1. The number of hydrogen-bond donors (Lipinski definition) is 2. The fraction of sp³-hybridized carbons (Fsp3) is 0.682. The zero-order valence-electron chi connectivity index (χ0n) is 18.0. The molecule has 0 spiro atoms. The molecule has 0 radical (unpaired) electrons. The first-order chi connectivity index (χ1) is 14.3. The fourth-order valence-corrected chi connectivity index (χ4v) is 4.04. The quantitative estimate of drug-likeness (QED) is 0.716. The number of β-amino-alcohol motifs (C(OH)–C–C–N with tert-alkyl or cyclic N) is 2. The predicted molar refractivity (Wildman–Crippen MR) is 112 cm³/mol. The molecule has 0 aromatic heterocycles. The second-order valence-electron chi connectivity index (χ2n) is 8.45. The van der Waals surface area contributed by atoms with E-state index in [1.54, 1.807) is 11.8 Å². The second-order valence-corrected chi connectivity index (χ2v) is 8.45. The van der Waals surface area contributed by atoms with Crippen molar-refractivity contribution in [3.8, 4) is 5.75 Å². The molecule has 1 aromatic rings. The highest BCUT2D eigenvalue weighted by molar-refractivity contribution is 5.67. The summed E-state index contributed by atoms with van der Waals surface area (Å²) in [4.78, 5) is 15.6. The summed E-state index contributed by atoms with van der Waals surface area (Å²) in [5, 5.41) is 22.2. The van der Waals surface area contributed by atoms with Crippen molar-refractivity contribution in [3.63, 3.8) is 0 Å². The fourth-order valence-electron chi connectivity index (χ4n) is 4.04. The topological polar surface area (TPSA) is 91.7 Å². The summed E-state index contributed by atoms with van der Waals surface area (Å²) in [6.45, 7) is 7.18. The summed E-state index contributed by atoms with van der Waals surface area (Å²) < 4.78 is 16.6. The van der Waals surface area contributed by atoms with E-state index in [0.29, 0.717) is 58.8 Å². The van der Waals surface area contributed by atoms with Gasteiger partial charge >= 0.3 is 6.09 Å². The molecule has 2 aliphatic heterocycles. The highest BCUT2D eigenvalue weighted by atomic mass is 16.6. The number of benzene rings is 1. The summed E-state index contributed by atoms with van der Waals surface area (Å²) in [7, 11) is 0. The van der Waals surface area contributed by atoms with Crippen LogP contribution in [0.2, 0.25) is 0 Å². The molecule has 2 saturated heterocycles. The molecular weight excluding hydrogens is 388 g/mol. The second kappa shape index (κ2) is 9.96. The third-order valence-corrected chi connectivity index (χ3v) is 5.77. The number of hydrogen-bond acceptors (Lipinski definition) is 7. The molecule has 1 aromatic carbocycles. The Hall–Kier alpha value is -1.87. The number of ether oxygens (including phenoxy) is 3. The molecule has 168 valence electrons. The minimum atomic E-state index is -1.17. The number of amides is 1. The van der Waals surface area contributed by atoms with Gasteiger partial charge in [0.15, 0.2) is 0 Å². The molecule has 2 N–H and O–H groups in total. The Morgan fingerprint density at radius 2 is 1.90 bits per heavy atom. The van der Waals surface area contributed by atoms with Crippen LogP contribution < -0.4 is 4.74 Å². The van der Waals surface area contributed by atoms with Crippen LogP contribution in [0.15, 0.2) is 24.3 Å². The first kappa shape index (κ1) is 22.8. The van der Waals surface area contributed by atoms with Crippen molar-refractivity contribution in [1.82, 2.24) is 9.80 Å². The number of carbonyl (C=O) groups is 1. The summed E-state index contributed by atoms with van der Waals surface area (Å²) in [6, 6.07) is 7.70. The minimum Gasteiger partial charge on any atom is -0.490 e. The number of likely N-dealkylation sites (tertiary alicyclic amines) is 1. The Balaban J connectivity index is 1.55. The SMILES string of the molecule is CCOC(=O)N1CCC(O)(CN2CCOC[C@](O)(COc3ccccc3C)C2)CC1. The molecule has 3 rings (SSSR count). The molecule has 8 heteroatoms. The molecule has 0 aliphatic carbocycles. The molecule has 2 heterocycles. The van der Waals surface area contributed by atoms with Gasteiger partial charge in [0.05, 0.1) is 25.4 Å². The third kappa shape index (κ3) is 6.07. The van der Waals surface area contributed by atoms with E-state index in [9.17, 15) is 15.0 Å². The maximum Gasteiger partial charge on any atom is 0.409 e. The van der Waals surface area contributed by atoms with Crippen LogP contribution in [0.4, 0.5) is 4.79 Å². The summed E-state index contributed by atoms with van der Waals surface area (Å²) in [5.74, 6) is 0.742. The maximum absolute atomic E-state index is 11.9. The Bertz CT molecular complexity index is 707. The number of carbonyl (C=O) groups excluding carboxylic acids is 1. The van der Waals surface area contributed by atoms with Crippen molar-refractivity contribution < 1.29 is 29.2 Å². The van der Waals surface area contributed by atoms with Crippen molar-refractivity contribution in [2.75, 3.05) is 59.2 Å². The van der Waals surface area contributed by atoms with E-state index in [1.807, 2.05) is 36.1 Å². The van der Waals surface area contributed by atoms with E-state index in [4.69, 9.17) is 14.2 Å². The van der Waals surface area contributed by atoms with Crippen LogP contribution in [0.25, 0.3) is 0 Å². The van der Waals surface area contributed by atoms with Gasteiger partial charge in [0, 0.05) is 32.7 Å². The smallest absolute Gasteiger partial charge is 0.409 e. The number of piperidine rings is 1. The van der Waals surface area contributed by atoms with Gasteiger partial charge in [0.25, 0.3) is 0 Å². The Morgan fingerprint density at radius 1 is 1.17 bits per heavy atom. The van der Waals surface area contributed by atoms with Crippen molar-refractivity contribution in [2.45, 2.75) is 37.9 Å². The Labute approximate surface area is 178 Å². The number of aliphatic hydroxyl groups is 2. The molecule has 2 fully saturated rings. The van der Waals surface area contributed by atoms with Gasteiger partial charge in [-0.25, -0.2) is 4.79 Å². The third-order valence-electron chi connectivity index (χ3n) is 5.77. The largest absolute Gasteiger partial charge is 0.490 e. The molecule has 0 saturated carbocycles. The zero-order chi connectivity index (χ0) is 21.6. The zero-order valence-corrected chi connectivity index (χ0v) is 18.0. The van der Waals surface area contributed by atoms with Crippen LogP contribution in [-0.4, -0.2) is 96.5 Å². The normalized spacial score (nSPS) is 24.9. The molecule has 8 nitrogen and oxygen atoms in total. The minimum absolute atomic E-state index is 0.115. The monoisotopic (exact) mass is 422 g/mol. The average molecular weight is 423 g/mol. The maximum atomic E-state index is 11.9. The molecule has 2 aliphatic rings. The van der Waals surface area contributed by atoms with Crippen LogP contribution in [0.3, 0.4) is 0 Å². The Morgan fingerprint density at radius 3 is 2.60 bits per heavy atom. The molecule has 1 atom stereocenters. The van der Waals surface area contributed by atoms with Crippen LogP contribution >= 0.6 is 0 Å². The lowest BCUT2D eigenvalue weighted by atomic mass is 9.90. The molecule has 30 heavy (non-hydrogen) atoms. The van der Waals surface area contributed by atoms with Crippen molar-refractivity contribution >= 4 is 6.09 Å². The summed E-state index contributed by atoms with van der Waals surface area (Å²) >= 11 is 0. The average Bonchev–Trinajstić information content (AvgIpc) is 2.89. The van der Waals surface area contributed by atoms with Gasteiger partial charge in [-0.3, -0.25) is 4.90 Å². The van der Waals surface area contributed by atoms with Crippen LogP contribution in [0.1, 0.15) is 25.3 Å². The van der Waals surface area contributed by atoms with E-state index >= 15 is 0 Å². The summed E-state index contributed by atoms with van der Waals surface area (Å²) in [5.41, 5.74) is -1.07. The van der Waals surface area contributed by atoms with Crippen LogP contribution in [-0.2, 0) is 9.47 Å². The van der Waals surface area contributed by atoms with E-state index in [0.717, 1.165) is 11.3 Å². The molecule has 0 unspecified atom stereocenters. The van der Waals surface area contributed by atoms with Crippen molar-refractivity contribution in [1.29, 1.82) is 0 Å². The van der Waals surface area contributed by atoms with E-state index < -0.39 is 11.2 Å². The lowest BCUT2D eigenvalue weighted by molar-refractivity contribution is -0.0790. The first-order valence-electron chi connectivity index (χ1n) is 10.7. The molecule has 0 bridgehead atoms. The molecular formula is C22H34N2O6. The number of nitrogens with zero attached hydrogens (tertiary/aromatic N) is 2. The van der Waals surface area contributed by atoms with Crippen LogP contribution in [0.5, 0.6) is 5.75 Å². The van der Waals surface area contributed by atoms with Crippen molar-refractivity contribution in [3.05, 3.63) is 29.8 Å². The Kier molecular flexibility index (Phi) is 7.57. The van der Waals surface area contributed by atoms with Crippen LogP contribution in [0, 0.1) is 6.92 Å². The van der Waals surface area contributed by atoms with Gasteiger partial charge in [0.2, 0.25) is 0 Å². The number of aryl methyl sites for hydroxylation is 1. The number of para-hydroxylation sites is 1. The highest BCUT2D eigenvalue weighted by Crippen LogP contribution is 2.26. The lowest BCUT2D eigenvalue weighted by Crippen LogP contribution is -2.55. The van der Waals surface area contributed by atoms with E-state index in [-0.39, 0.29) is 19.3 Å². The van der Waals surface area contributed by atoms with Gasteiger partial charge in [0.1, 0.15) is 18.0 Å². The van der Waals surface area contributed by atoms with Gasteiger partial charge < -0.3 is 29.3 Å². The number of rotatable bonds is 6. The lowest BCUT2D eigenvalue weighted by Gasteiger charge is -2.41. The van der Waals surface area contributed by atoms with E-state index in [1.165, 1.54) is 0 Å². The molecule has 1 amide bonds.